The standard InChI is InChI=1S/C12H14F3N3O/c13-12(14,15)9-4-5-10(16-8-9)17-11(19)18-6-2-1-3-7-18/h4-5,8H,1-3,6-7H2,(H,16,17,19). The van der Waals surface area contributed by atoms with Crippen LogP contribution in [0.4, 0.5) is 23.8 Å². The van der Waals surface area contributed by atoms with E-state index < -0.39 is 11.7 Å². The first-order valence-corrected chi connectivity index (χ1v) is 6.06. The number of pyridine rings is 1. The molecule has 1 fully saturated rings. The molecule has 1 aliphatic heterocycles. The van der Waals surface area contributed by atoms with Crippen molar-refractivity contribution in [1.82, 2.24) is 9.88 Å². The Morgan fingerprint density at radius 1 is 1.21 bits per heavy atom. The lowest BCUT2D eigenvalue weighted by atomic mass is 10.1. The minimum absolute atomic E-state index is 0.128. The summed E-state index contributed by atoms with van der Waals surface area (Å²) in [6.07, 6.45) is -0.696. The molecule has 19 heavy (non-hydrogen) atoms. The van der Waals surface area contributed by atoms with E-state index in [0.717, 1.165) is 31.4 Å². The van der Waals surface area contributed by atoms with Gasteiger partial charge < -0.3 is 4.90 Å². The van der Waals surface area contributed by atoms with Crippen molar-refractivity contribution in [3.63, 3.8) is 0 Å². The SMILES string of the molecule is O=C(Nc1ccc(C(F)(F)F)cn1)N1CCCCC1. The Labute approximate surface area is 108 Å². The molecule has 2 amide bonds. The van der Waals surface area contributed by atoms with E-state index in [1.54, 1.807) is 4.90 Å². The molecule has 1 saturated heterocycles. The zero-order valence-corrected chi connectivity index (χ0v) is 10.2. The molecule has 2 heterocycles. The van der Waals surface area contributed by atoms with Crippen LogP contribution in [0.2, 0.25) is 0 Å². The number of nitrogens with zero attached hydrogens (tertiary/aromatic N) is 2. The molecule has 1 aromatic heterocycles. The fraction of sp³-hybridized carbons (Fsp3) is 0.500. The van der Waals surface area contributed by atoms with Crippen molar-refractivity contribution in [2.75, 3.05) is 18.4 Å². The number of nitrogens with one attached hydrogen (secondary N) is 1. The number of likely N-dealkylation sites (tertiary alicyclic amines) is 1. The highest BCUT2D eigenvalue weighted by atomic mass is 19.4. The third-order valence-corrected chi connectivity index (χ3v) is 2.97. The van der Waals surface area contributed by atoms with E-state index in [2.05, 4.69) is 10.3 Å². The molecule has 4 nitrogen and oxygen atoms in total. The molecule has 0 radical (unpaired) electrons. The van der Waals surface area contributed by atoms with Gasteiger partial charge in [0.1, 0.15) is 5.82 Å². The molecule has 1 aliphatic rings. The van der Waals surface area contributed by atoms with Crippen LogP contribution in [-0.4, -0.2) is 29.0 Å². The van der Waals surface area contributed by atoms with Gasteiger partial charge in [-0.2, -0.15) is 13.2 Å². The lowest BCUT2D eigenvalue weighted by Crippen LogP contribution is -2.38. The first kappa shape index (κ1) is 13.6. The summed E-state index contributed by atoms with van der Waals surface area (Å²) >= 11 is 0. The van der Waals surface area contributed by atoms with Gasteiger partial charge in [0.2, 0.25) is 0 Å². The maximum atomic E-state index is 12.3. The van der Waals surface area contributed by atoms with E-state index in [0.29, 0.717) is 19.3 Å². The van der Waals surface area contributed by atoms with Gasteiger partial charge in [-0.05, 0) is 31.4 Å². The third kappa shape index (κ3) is 3.59. The highest BCUT2D eigenvalue weighted by Gasteiger charge is 2.30. The van der Waals surface area contributed by atoms with E-state index in [9.17, 15) is 18.0 Å². The monoisotopic (exact) mass is 273 g/mol. The zero-order chi connectivity index (χ0) is 13.9. The van der Waals surface area contributed by atoms with Crippen LogP contribution in [0.3, 0.4) is 0 Å². The Hall–Kier alpha value is -1.79. The number of aromatic nitrogens is 1. The number of alkyl halides is 3. The van der Waals surface area contributed by atoms with Crippen LogP contribution in [-0.2, 0) is 6.18 Å². The third-order valence-electron chi connectivity index (χ3n) is 2.97. The van der Waals surface area contributed by atoms with Gasteiger partial charge in [-0.3, -0.25) is 5.32 Å². The predicted octanol–water partition coefficient (Wildman–Crippen LogP) is 3.12. The highest BCUT2D eigenvalue weighted by Crippen LogP contribution is 2.28. The van der Waals surface area contributed by atoms with Crippen molar-refractivity contribution in [3.05, 3.63) is 23.9 Å². The molecule has 0 atom stereocenters. The second-order valence-electron chi connectivity index (χ2n) is 4.41. The van der Waals surface area contributed by atoms with E-state index in [4.69, 9.17) is 0 Å². The second kappa shape index (κ2) is 5.46. The van der Waals surface area contributed by atoms with Gasteiger partial charge in [-0.25, -0.2) is 9.78 Å². The number of urea groups is 1. The Kier molecular flexibility index (Phi) is 3.92. The van der Waals surface area contributed by atoms with Crippen molar-refractivity contribution < 1.29 is 18.0 Å². The van der Waals surface area contributed by atoms with E-state index in [1.165, 1.54) is 0 Å². The number of rotatable bonds is 1. The number of amides is 2. The van der Waals surface area contributed by atoms with E-state index in [1.807, 2.05) is 0 Å². The number of carbonyl (C=O) groups is 1. The maximum absolute atomic E-state index is 12.3. The van der Waals surface area contributed by atoms with Gasteiger partial charge in [-0.1, -0.05) is 0 Å². The molecule has 2 rings (SSSR count). The highest BCUT2D eigenvalue weighted by molar-refractivity contribution is 5.88. The smallest absolute Gasteiger partial charge is 0.325 e. The van der Waals surface area contributed by atoms with Gasteiger partial charge in [0.05, 0.1) is 5.56 Å². The van der Waals surface area contributed by atoms with E-state index in [-0.39, 0.29) is 11.8 Å². The van der Waals surface area contributed by atoms with E-state index >= 15 is 0 Å². The summed E-state index contributed by atoms with van der Waals surface area (Å²) in [5.41, 5.74) is -0.830. The van der Waals surface area contributed by atoms with Crippen LogP contribution in [0.5, 0.6) is 0 Å². The molecule has 0 aromatic carbocycles. The van der Waals surface area contributed by atoms with Gasteiger partial charge in [0.25, 0.3) is 0 Å². The van der Waals surface area contributed by atoms with Crippen LogP contribution in [0.25, 0.3) is 0 Å². The number of halogens is 3. The molecular weight excluding hydrogens is 259 g/mol. The summed E-state index contributed by atoms with van der Waals surface area (Å²) in [7, 11) is 0. The Morgan fingerprint density at radius 3 is 2.42 bits per heavy atom. The maximum Gasteiger partial charge on any atom is 0.417 e. The molecule has 0 spiro atoms. The minimum Gasteiger partial charge on any atom is -0.325 e. The normalized spacial score (nSPS) is 16.3. The minimum atomic E-state index is -4.41. The van der Waals surface area contributed by atoms with Crippen molar-refractivity contribution in [3.8, 4) is 0 Å². The largest absolute Gasteiger partial charge is 0.417 e. The van der Waals surface area contributed by atoms with Crippen LogP contribution in [0, 0.1) is 0 Å². The molecule has 0 saturated carbocycles. The summed E-state index contributed by atoms with van der Waals surface area (Å²) in [6, 6.07) is 1.75. The summed E-state index contributed by atoms with van der Waals surface area (Å²) in [5, 5.41) is 2.50. The molecule has 1 aromatic rings. The first-order chi connectivity index (χ1) is 8.97. The molecule has 1 N–H and O–H groups in total. The molecular formula is C12H14F3N3O. The Bertz CT molecular complexity index is 439. The van der Waals surface area contributed by atoms with Crippen molar-refractivity contribution in [2.45, 2.75) is 25.4 Å². The van der Waals surface area contributed by atoms with Gasteiger partial charge in [-0.15, -0.1) is 0 Å². The zero-order valence-electron chi connectivity index (χ0n) is 10.2. The molecule has 7 heteroatoms. The summed E-state index contributed by atoms with van der Waals surface area (Å²) in [6.45, 7) is 1.35. The Morgan fingerprint density at radius 2 is 1.89 bits per heavy atom. The van der Waals surface area contributed by atoms with Crippen molar-refractivity contribution >= 4 is 11.8 Å². The number of piperidine rings is 1. The lowest BCUT2D eigenvalue weighted by Gasteiger charge is -2.26. The van der Waals surface area contributed by atoms with Crippen LogP contribution >= 0.6 is 0 Å². The summed E-state index contributed by atoms with van der Waals surface area (Å²) < 4.78 is 37.0. The number of hydrogen-bond donors (Lipinski definition) is 1. The van der Waals surface area contributed by atoms with Gasteiger partial charge >= 0.3 is 12.2 Å². The molecule has 104 valence electrons. The first-order valence-electron chi connectivity index (χ1n) is 6.06. The van der Waals surface area contributed by atoms with Crippen molar-refractivity contribution in [1.29, 1.82) is 0 Å². The quantitative estimate of drug-likeness (QED) is 0.854. The average Bonchev–Trinajstić information content (AvgIpc) is 2.39. The average molecular weight is 273 g/mol. The molecule has 0 bridgehead atoms. The van der Waals surface area contributed by atoms with Crippen LogP contribution in [0.15, 0.2) is 18.3 Å². The fourth-order valence-electron chi connectivity index (χ4n) is 1.92. The predicted molar refractivity (Wildman–Crippen MR) is 63.7 cm³/mol. The molecule has 0 aliphatic carbocycles. The van der Waals surface area contributed by atoms with Crippen molar-refractivity contribution in [2.24, 2.45) is 0 Å². The van der Waals surface area contributed by atoms with Crippen LogP contribution < -0.4 is 5.32 Å². The number of hydrogen-bond acceptors (Lipinski definition) is 2. The summed E-state index contributed by atoms with van der Waals surface area (Å²) in [4.78, 5) is 17.0. The second-order valence-corrected chi connectivity index (χ2v) is 4.41. The number of carbonyl (C=O) groups excluding carboxylic acids is 1. The lowest BCUT2D eigenvalue weighted by molar-refractivity contribution is -0.137. The summed E-state index contributed by atoms with van der Waals surface area (Å²) in [5.74, 6) is 0.128. The van der Waals surface area contributed by atoms with Gasteiger partial charge in [0, 0.05) is 19.3 Å². The fourth-order valence-corrected chi connectivity index (χ4v) is 1.92. The van der Waals surface area contributed by atoms with Gasteiger partial charge in [0.15, 0.2) is 0 Å². The van der Waals surface area contributed by atoms with Crippen LogP contribution in [0.1, 0.15) is 24.8 Å². The topological polar surface area (TPSA) is 45.2 Å². The Balaban J connectivity index is 1.97. The number of anilines is 1. The molecule has 0 unspecified atom stereocenters.